The molecule has 140 valence electrons. The van der Waals surface area contributed by atoms with E-state index >= 15 is 0 Å². The van der Waals surface area contributed by atoms with Gasteiger partial charge in [-0.25, -0.2) is 0 Å². The van der Waals surface area contributed by atoms with Crippen LogP contribution in [0, 0.1) is 13.8 Å². The van der Waals surface area contributed by atoms with Crippen LogP contribution in [0.15, 0.2) is 54.6 Å². The van der Waals surface area contributed by atoms with Crippen LogP contribution in [0.25, 0.3) is 0 Å². The highest BCUT2D eigenvalue weighted by molar-refractivity contribution is 5.90. The van der Waals surface area contributed by atoms with Crippen LogP contribution < -0.4 is 15.4 Å². The van der Waals surface area contributed by atoms with Crippen molar-refractivity contribution in [2.24, 2.45) is 0 Å². The van der Waals surface area contributed by atoms with Crippen LogP contribution in [0.1, 0.15) is 17.8 Å². The Hall–Kier alpha value is -3.28. The lowest BCUT2D eigenvalue weighted by atomic mass is 10.2. The fraction of sp³-hybridized carbons (Fsp3) is 0.238. The van der Waals surface area contributed by atoms with Crippen LogP contribution in [0.2, 0.25) is 0 Å². The molecule has 0 bridgehead atoms. The van der Waals surface area contributed by atoms with E-state index < -0.39 is 0 Å². The topological polar surface area (TPSA) is 68.2 Å². The van der Waals surface area contributed by atoms with Crippen LogP contribution in [-0.2, 0) is 11.3 Å². The maximum absolute atomic E-state index is 12.2. The summed E-state index contributed by atoms with van der Waals surface area (Å²) in [5.74, 6) is 0.789. The number of hydrogen-bond donors (Lipinski definition) is 2. The van der Waals surface area contributed by atoms with Crippen LogP contribution >= 0.6 is 0 Å². The second kappa shape index (κ2) is 8.40. The Morgan fingerprint density at radius 2 is 1.59 bits per heavy atom. The highest BCUT2D eigenvalue weighted by atomic mass is 16.5. The van der Waals surface area contributed by atoms with E-state index in [1.54, 1.807) is 7.11 Å². The Kier molecular flexibility index (Phi) is 5.76. The van der Waals surface area contributed by atoms with Crippen molar-refractivity contribution in [2.75, 3.05) is 17.7 Å². The largest absolute Gasteiger partial charge is 0.497 e. The van der Waals surface area contributed by atoms with Gasteiger partial charge in [0.2, 0.25) is 5.91 Å². The molecule has 0 aliphatic carbocycles. The number of aryl methyl sites for hydroxylation is 3. The Balaban J connectivity index is 1.52. The molecule has 27 heavy (non-hydrogen) atoms. The molecule has 0 aliphatic heterocycles. The fourth-order valence-corrected chi connectivity index (χ4v) is 2.81. The number of ether oxygens (including phenoxy) is 1. The molecule has 3 aromatic rings. The molecule has 6 heteroatoms. The summed E-state index contributed by atoms with van der Waals surface area (Å²) < 4.78 is 7.01. The Labute approximate surface area is 159 Å². The van der Waals surface area contributed by atoms with Crippen molar-refractivity contribution < 1.29 is 9.53 Å². The third kappa shape index (κ3) is 5.10. The first kappa shape index (κ1) is 18.5. The van der Waals surface area contributed by atoms with E-state index in [2.05, 4.69) is 15.7 Å². The predicted molar refractivity (Wildman–Crippen MR) is 108 cm³/mol. The molecule has 0 unspecified atom stereocenters. The van der Waals surface area contributed by atoms with Crippen molar-refractivity contribution in [3.63, 3.8) is 0 Å². The fourth-order valence-electron chi connectivity index (χ4n) is 2.81. The van der Waals surface area contributed by atoms with Gasteiger partial charge in [0.25, 0.3) is 0 Å². The molecule has 1 amide bonds. The Morgan fingerprint density at radius 1 is 1.00 bits per heavy atom. The van der Waals surface area contributed by atoms with Gasteiger partial charge in [-0.2, -0.15) is 5.10 Å². The SMILES string of the molecule is COc1ccc(Nc2ccc(NC(=O)CCn3nc(C)cc3C)cc2)cc1. The number of rotatable bonds is 7. The lowest BCUT2D eigenvalue weighted by molar-refractivity contribution is -0.116. The number of amides is 1. The van der Waals surface area contributed by atoms with E-state index in [4.69, 9.17) is 4.74 Å². The number of methoxy groups -OCH3 is 1. The van der Waals surface area contributed by atoms with Crippen molar-refractivity contribution in [1.29, 1.82) is 0 Å². The molecule has 0 saturated carbocycles. The third-order valence-electron chi connectivity index (χ3n) is 4.20. The second-order valence-electron chi connectivity index (χ2n) is 6.38. The van der Waals surface area contributed by atoms with E-state index in [-0.39, 0.29) is 5.91 Å². The van der Waals surface area contributed by atoms with Gasteiger partial charge >= 0.3 is 0 Å². The van der Waals surface area contributed by atoms with E-state index in [1.165, 1.54) is 0 Å². The van der Waals surface area contributed by atoms with Crippen LogP contribution in [-0.4, -0.2) is 22.8 Å². The number of anilines is 3. The number of hydrogen-bond acceptors (Lipinski definition) is 4. The molecular formula is C21H24N4O2. The molecule has 2 aromatic carbocycles. The standard InChI is InChI=1S/C21H24N4O2/c1-15-14-16(2)25(24-15)13-12-21(26)23-19-6-4-17(5-7-19)22-18-8-10-20(27-3)11-9-18/h4-11,14,22H,12-13H2,1-3H3,(H,23,26). The van der Waals surface area contributed by atoms with Crippen LogP contribution in [0.5, 0.6) is 5.75 Å². The van der Waals surface area contributed by atoms with Crippen molar-refractivity contribution in [3.8, 4) is 5.75 Å². The van der Waals surface area contributed by atoms with Gasteiger partial charge in [0.15, 0.2) is 0 Å². The first-order chi connectivity index (χ1) is 13.0. The minimum absolute atomic E-state index is 0.0292. The highest BCUT2D eigenvalue weighted by Gasteiger charge is 2.06. The van der Waals surface area contributed by atoms with Gasteiger partial charge in [-0.1, -0.05) is 0 Å². The number of aromatic nitrogens is 2. The van der Waals surface area contributed by atoms with Crippen molar-refractivity contribution in [2.45, 2.75) is 26.8 Å². The van der Waals surface area contributed by atoms with E-state index in [1.807, 2.05) is 73.1 Å². The highest BCUT2D eigenvalue weighted by Crippen LogP contribution is 2.21. The maximum atomic E-state index is 12.2. The number of carbonyl (C=O) groups excluding carboxylic acids is 1. The molecule has 0 atom stereocenters. The third-order valence-corrected chi connectivity index (χ3v) is 4.20. The van der Waals surface area contributed by atoms with Crippen molar-refractivity contribution in [1.82, 2.24) is 9.78 Å². The second-order valence-corrected chi connectivity index (χ2v) is 6.38. The Bertz CT molecular complexity index is 899. The molecule has 0 saturated heterocycles. The summed E-state index contributed by atoms with van der Waals surface area (Å²) in [4.78, 5) is 12.2. The summed E-state index contributed by atoms with van der Waals surface area (Å²) in [5.41, 5.74) is 4.72. The summed E-state index contributed by atoms with van der Waals surface area (Å²) in [5, 5.41) is 10.6. The molecule has 1 heterocycles. The molecule has 3 rings (SSSR count). The van der Waals surface area contributed by atoms with Crippen LogP contribution in [0.3, 0.4) is 0 Å². The van der Waals surface area contributed by atoms with E-state index in [0.717, 1.165) is 34.2 Å². The molecule has 0 radical (unpaired) electrons. The molecule has 6 nitrogen and oxygen atoms in total. The molecule has 0 spiro atoms. The Morgan fingerprint density at radius 3 is 2.15 bits per heavy atom. The zero-order chi connectivity index (χ0) is 19.2. The molecule has 1 aromatic heterocycles. The quantitative estimate of drug-likeness (QED) is 0.656. The van der Waals surface area contributed by atoms with Gasteiger partial charge in [-0.3, -0.25) is 9.48 Å². The zero-order valence-electron chi connectivity index (χ0n) is 15.8. The van der Waals surface area contributed by atoms with E-state index in [9.17, 15) is 4.79 Å². The summed E-state index contributed by atoms with van der Waals surface area (Å²) in [6, 6.07) is 17.3. The van der Waals surface area contributed by atoms with Gasteiger partial charge in [-0.05, 0) is 68.4 Å². The monoisotopic (exact) mass is 364 g/mol. The van der Waals surface area contributed by atoms with Gasteiger partial charge in [-0.15, -0.1) is 0 Å². The molecule has 0 aliphatic rings. The average molecular weight is 364 g/mol. The smallest absolute Gasteiger partial charge is 0.226 e. The normalized spacial score (nSPS) is 10.5. The summed E-state index contributed by atoms with van der Waals surface area (Å²) >= 11 is 0. The molecule has 2 N–H and O–H groups in total. The van der Waals surface area contributed by atoms with E-state index in [0.29, 0.717) is 13.0 Å². The molecular weight excluding hydrogens is 340 g/mol. The summed E-state index contributed by atoms with van der Waals surface area (Å²) in [7, 11) is 1.65. The first-order valence-electron chi connectivity index (χ1n) is 8.85. The summed E-state index contributed by atoms with van der Waals surface area (Å²) in [6.45, 7) is 4.51. The van der Waals surface area contributed by atoms with Crippen molar-refractivity contribution >= 4 is 23.0 Å². The van der Waals surface area contributed by atoms with Crippen LogP contribution in [0.4, 0.5) is 17.1 Å². The zero-order valence-corrected chi connectivity index (χ0v) is 15.8. The number of carbonyl (C=O) groups is 1. The van der Waals surface area contributed by atoms with Gasteiger partial charge in [0, 0.05) is 35.7 Å². The predicted octanol–water partition coefficient (Wildman–Crippen LogP) is 4.28. The van der Waals surface area contributed by atoms with Gasteiger partial charge < -0.3 is 15.4 Å². The minimum Gasteiger partial charge on any atom is -0.497 e. The summed E-state index contributed by atoms with van der Waals surface area (Å²) in [6.07, 6.45) is 0.383. The minimum atomic E-state index is -0.0292. The van der Waals surface area contributed by atoms with Gasteiger partial charge in [0.05, 0.1) is 12.8 Å². The molecule has 0 fully saturated rings. The maximum Gasteiger partial charge on any atom is 0.226 e. The lowest BCUT2D eigenvalue weighted by Gasteiger charge is -2.10. The number of benzene rings is 2. The van der Waals surface area contributed by atoms with Crippen molar-refractivity contribution in [3.05, 3.63) is 66.0 Å². The number of nitrogens with one attached hydrogen (secondary N) is 2. The first-order valence-corrected chi connectivity index (χ1v) is 8.85. The average Bonchev–Trinajstić information content (AvgIpc) is 2.99. The number of nitrogens with zero attached hydrogens (tertiary/aromatic N) is 2. The van der Waals surface area contributed by atoms with Gasteiger partial charge in [0.1, 0.15) is 5.75 Å². The lowest BCUT2D eigenvalue weighted by Crippen LogP contribution is -2.15.